The van der Waals surface area contributed by atoms with Crippen molar-refractivity contribution in [3.8, 4) is 0 Å². The van der Waals surface area contributed by atoms with Gasteiger partial charge in [-0.2, -0.15) is 0 Å². The maximum atomic E-state index is 9.40. The van der Waals surface area contributed by atoms with Crippen LogP contribution in [0.15, 0.2) is 12.7 Å². The van der Waals surface area contributed by atoms with E-state index in [1.54, 1.807) is 6.08 Å². The van der Waals surface area contributed by atoms with Crippen LogP contribution >= 0.6 is 0 Å². The number of allylic oxidation sites excluding steroid dienone is 1. The van der Waals surface area contributed by atoms with E-state index in [2.05, 4.69) is 6.58 Å². The summed E-state index contributed by atoms with van der Waals surface area (Å²) in [5.41, 5.74) is 0. The summed E-state index contributed by atoms with van der Waals surface area (Å²) in [4.78, 5) is 0. The molecule has 0 aromatic heterocycles. The molecule has 0 amide bonds. The highest BCUT2D eigenvalue weighted by Gasteiger charge is 2.33. The van der Waals surface area contributed by atoms with Crippen LogP contribution in [0.3, 0.4) is 0 Å². The van der Waals surface area contributed by atoms with E-state index in [-0.39, 0.29) is 0 Å². The molecule has 1 aliphatic rings. The molecule has 0 aliphatic heterocycles. The fourth-order valence-electron chi connectivity index (χ4n) is 1.21. The van der Waals surface area contributed by atoms with Crippen LogP contribution in [0.1, 0.15) is 25.7 Å². The lowest BCUT2D eigenvalue weighted by Gasteiger charge is -2.15. The summed E-state index contributed by atoms with van der Waals surface area (Å²) in [5, 5.41) is 18.8. The van der Waals surface area contributed by atoms with Crippen molar-refractivity contribution in [3.05, 3.63) is 12.7 Å². The molecule has 0 aromatic rings. The Bertz CT molecular complexity index is 130. The molecular formula is C9H16O2. The smallest absolute Gasteiger partial charge is 0.0827 e. The summed E-state index contributed by atoms with van der Waals surface area (Å²) >= 11 is 0. The van der Waals surface area contributed by atoms with E-state index in [4.69, 9.17) is 0 Å². The molecule has 64 valence electrons. The summed E-state index contributed by atoms with van der Waals surface area (Å²) in [7, 11) is 0. The van der Waals surface area contributed by atoms with E-state index in [0.29, 0.717) is 12.3 Å². The molecule has 2 N–H and O–H groups in total. The third-order valence-corrected chi connectivity index (χ3v) is 2.17. The second-order valence-electron chi connectivity index (χ2n) is 3.26. The first-order chi connectivity index (χ1) is 5.25. The number of aliphatic hydroxyl groups is 2. The van der Waals surface area contributed by atoms with Gasteiger partial charge < -0.3 is 10.2 Å². The minimum atomic E-state index is -0.541. The molecule has 2 atom stereocenters. The van der Waals surface area contributed by atoms with Gasteiger partial charge in [-0.3, -0.25) is 0 Å². The third kappa shape index (κ3) is 2.64. The zero-order valence-electron chi connectivity index (χ0n) is 6.74. The second-order valence-corrected chi connectivity index (χ2v) is 3.26. The van der Waals surface area contributed by atoms with E-state index >= 15 is 0 Å². The molecule has 0 heterocycles. The van der Waals surface area contributed by atoms with Crippen LogP contribution in [0.2, 0.25) is 0 Å². The van der Waals surface area contributed by atoms with Crippen molar-refractivity contribution >= 4 is 0 Å². The number of hydrogen-bond donors (Lipinski definition) is 2. The van der Waals surface area contributed by atoms with Crippen molar-refractivity contribution in [2.24, 2.45) is 5.92 Å². The number of aliphatic hydroxyl groups excluding tert-OH is 2. The third-order valence-electron chi connectivity index (χ3n) is 2.17. The summed E-state index contributed by atoms with van der Waals surface area (Å²) < 4.78 is 0. The average Bonchev–Trinajstić information content (AvgIpc) is 2.81. The Morgan fingerprint density at radius 1 is 1.45 bits per heavy atom. The molecule has 0 bridgehead atoms. The van der Waals surface area contributed by atoms with Gasteiger partial charge in [0.1, 0.15) is 0 Å². The second kappa shape index (κ2) is 3.88. The average molecular weight is 156 g/mol. The topological polar surface area (TPSA) is 40.5 Å². The summed E-state index contributed by atoms with van der Waals surface area (Å²) in [6, 6.07) is 0. The molecule has 1 fully saturated rings. The van der Waals surface area contributed by atoms with Gasteiger partial charge in [-0.15, -0.1) is 6.58 Å². The maximum absolute atomic E-state index is 9.40. The first kappa shape index (κ1) is 8.75. The first-order valence-corrected chi connectivity index (χ1v) is 4.22. The molecule has 1 aliphatic carbocycles. The lowest BCUT2D eigenvalue weighted by molar-refractivity contribution is 0.00225. The van der Waals surface area contributed by atoms with Gasteiger partial charge in [-0.25, -0.2) is 0 Å². The molecule has 0 saturated heterocycles. The van der Waals surface area contributed by atoms with Crippen LogP contribution in [0.4, 0.5) is 0 Å². The highest BCUT2D eigenvalue weighted by molar-refractivity contribution is 4.86. The van der Waals surface area contributed by atoms with Crippen LogP contribution in [-0.2, 0) is 0 Å². The van der Waals surface area contributed by atoms with Gasteiger partial charge in [-0.1, -0.05) is 6.08 Å². The van der Waals surface area contributed by atoms with Gasteiger partial charge in [0, 0.05) is 0 Å². The SMILES string of the molecule is C=CCCC(O)C(O)C1CC1. The lowest BCUT2D eigenvalue weighted by Crippen LogP contribution is -2.27. The van der Waals surface area contributed by atoms with Crippen LogP contribution < -0.4 is 0 Å². The van der Waals surface area contributed by atoms with E-state index in [1.165, 1.54) is 0 Å². The van der Waals surface area contributed by atoms with Gasteiger partial charge in [0.15, 0.2) is 0 Å². The highest BCUT2D eigenvalue weighted by Crippen LogP contribution is 2.34. The monoisotopic (exact) mass is 156 g/mol. The van der Waals surface area contributed by atoms with Gasteiger partial charge in [0.25, 0.3) is 0 Å². The minimum Gasteiger partial charge on any atom is -0.390 e. The molecule has 2 heteroatoms. The molecule has 1 rings (SSSR count). The predicted octanol–water partition coefficient (Wildman–Crippen LogP) is 1.08. The molecule has 11 heavy (non-hydrogen) atoms. The normalized spacial score (nSPS) is 22.7. The Labute approximate surface area is 67.6 Å². The molecule has 1 saturated carbocycles. The van der Waals surface area contributed by atoms with Crippen molar-refractivity contribution in [2.75, 3.05) is 0 Å². The van der Waals surface area contributed by atoms with Gasteiger partial charge in [0.05, 0.1) is 12.2 Å². The molecule has 0 radical (unpaired) electrons. The molecule has 0 aromatic carbocycles. The van der Waals surface area contributed by atoms with E-state index in [0.717, 1.165) is 19.3 Å². The largest absolute Gasteiger partial charge is 0.390 e. The first-order valence-electron chi connectivity index (χ1n) is 4.22. The maximum Gasteiger partial charge on any atom is 0.0827 e. The van der Waals surface area contributed by atoms with Crippen molar-refractivity contribution in [3.63, 3.8) is 0 Å². The minimum absolute atomic E-state index is 0.370. The Hall–Kier alpha value is -0.340. The van der Waals surface area contributed by atoms with Crippen LogP contribution in [0.25, 0.3) is 0 Å². The fraction of sp³-hybridized carbons (Fsp3) is 0.778. The Kier molecular flexibility index (Phi) is 3.09. The summed E-state index contributed by atoms with van der Waals surface area (Å²) in [5.74, 6) is 0.370. The van der Waals surface area contributed by atoms with E-state index in [1.807, 2.05) is 0 Å². The predicted molar refractivity (Wildman–Crippen MR) is 44.2 cm³/mol. The standard InChI is InChI=1S/C9H16O2/c1-2-3-4-8(10)9(11)7-5-6-7/h2,7-11H,1,3-6H2. The van der Waals surface area contributed by atoms with Gasteiger partial charge in [-0.05, 0) is 31.6 Å². The fourth-order valence-corrected chi connectivity index (χ4v) is 1.21. The summed E-state index contributed by atoms with van der Waals surface area (Å²) in [6.07, 6.45) is 4.31. The van der Waals surface area contributed by atoms with Crippen molar-refractivity contribution in [1.29, 1.82) is 0 Å². The van der Waals surface area contributed by atoms with Crippen molar-refractivity contribution in [1.82, 2.24) is 0 Å². The summed E-state index contributed by atoms with van der Waals surface area (Å²) in [6.45, 7) is 3.56. The zero-order valence-corrected chi connectivity index (χ0v) is 6.74. The number of hydrogen-bond acceptors (Lipinski definition) is 2. The zero-order chi connectivity index (χ0) is 8.27. The van der Waals surface area contributed by atoms with Crippen LogP contribution in [0, 0.1) is 5.92 Å². The number of rotatable bonds is 5. The van der Waals surface area contributed by atoms with E-state index in [9.17, 15) is 10.2 Å². The Morgan fingerprint density at radius 3 is 2.55 bits per heavy atom. The highest BCUT2D eigenvalue weighted by atomic mass is 16.3. The van der Waals surface area contributed by atoms with Crippen molar-refractivity contribution in [2.45, 2.75) is 37.9 Å². The molecule has 0 spiro atoms. The van der Waals surface area contributed by atoms with Crippen LogP contribution in [-0.4, -0.2) is 22.4 Å². The Morgan fingerprint density at radius 2 is 2.09 bits per heavy atom. The van der Waals surface area contributed by atoms with Crippen LogP contribution in [0.5, 0.6) is 0 Å². The van der Waals surface area contributed by atoms with Crippen molar-refractivity contribution < 1.29 is 10.2 Å². The Balaban J connectivity index is 2.15. The molecule has 2 nitrogen and oxygen atoms in total. The van der Waals surface area contributed by atoms with Gasteiger partial charge in [0.2, 0.25) is 0 Å². The van der Waals surface area contributed by atoms with E-state index < -0.39 is 12.2 Å². The lowest BCUT2D eigenvalue weighted by atomic mass is 10.1. The molecular weight excluding hydrogens is 140 g/mol. The molecule has 2 unspecified atom stereocenters. The quantitative estimate of drug-likeness (QED) is 0.585. The van der Waals surface area contributed by atoms with Gasteiger partial charge >= 0.3 is 0 Å².